The Morgan fingerprint density at radius 3 is 2.71 bits per heavy atom. The SMILES string of the molecule is CCC(NC=O)C(=O)OC1CCCC1. The largest absolute Gasteiger partial charge is 0.461 e. The van der Waals surface area contributed by atoms with Gasteiger partial charge < -0.3 is 10.1 Å². The summed E-state index contributed by atoms with van der Waals surface area (Å²) in [5.41, 5.74) is 0. The Hall–Kier alpha value is -1.06. The molecule has 1 atom stereocenters. The molecule has 4 heteroatoms. The number of hydrogen-bond acceptors (Lipinski definition) is 3. The summed E-state index contributed by atoms with van der Waals surface area (Å²) in [5, 5.41) is 2.45. The van der Waals surface area contributed by atoms with Crippen molar-refractivity contribution in [2.24, 2.45) is 0 Å². The first-order valence-corrected chi connectivity index (χ1v) is 5.18. The number of ether oxygens (including phenoxy) is 1. The quantitative estimate of drug-likeness (QED) is 0.531. The van der Waals surface area contributed by atoms with Crippen LogP contribution in [0.2, 0.25) is 0 Å². The molecule has 14 heavy (non-hydrogen) atoms. The predicted molar refractivity (Wildman–Crippen MR) is 51.6 cm³/mol. The smallest absolute Gasteiger partial charge is 0.328 e. The molecule has 0 aromatic carbocycles. The van der Waals surface area contributed by atoms with Gasteiger partial charge in [0.05, 0.1) is 0 Å². The number of esters is 1. The number of carbonyl (C=O) groups is 2. The lowest BCUT2D eigenvalue weighted by Crippen LogP contribution is -2.38. The van der Waals surface area contributed by atoms with Gasteiger partial charge in [-0.2, -0.15) is 0 Å². The minimum Gasteiger partial charge on any atom is -0.461 e. The van der Waals surface area contributed by atoms with Gasteiger partial charge in [0.2, 0.25) is 6.41 Å². The molecule has 0 radical (unpaired) electrons. The van der Waals surface area contributed by atoms with Gasteiger partial charge in [-0.15, -0.1) is 0 Å². The van der Waals surface area contributed by atoms with Gasteiger partial charge in [0, 0.05) is 0 Å². The molecule has 1 saturated carbocycles. The normalized spacial score (nSPS) is 18.9. The first-order chi connectivity index (χ1) is 6.77. The molecule has 0 aromatic rings. The molecular formula is C10H17NO3. The number of rotatable bonds is 5. The van der Waals surface area contributed by atoms with Crippen LogP contribution in [0.1, 0.15) is 39.0 Å². The Kier molecular flexibility index (Phi) is 4.43. The molecule has 1 fully saturated rings. The van der Waals surface area contributed by atoms with E-state index in [9.17, 15) is 9.59 Å². The van der Waals surface area contributed by atoms with Gasteiger partial charge in [-0.1, -0.05) is 6.92 Å². The van der Waals surface area contributed by atoms with Crippen LogP contribution in [0.4, 0.5) is 0 Å². The van der Waals surface area contributed by atoms with Gasteiger partial charge >= 0.3 is 5.97 Å². The fraction of sp³-hybridized carbons (Fsp3) is 0.800. The first-order valence-electron chi connectivity index (χ1n) is 5.18. The second-order valence-electron chi connectivity index (χ2n) is 3.59. The van der Waals surface area contributed by atoms with Gasteiger partial charge in [0.15, 0.2) is 0 Å². The van der Waals surface area contributed by atoms with E-state index in [1.165, 1.54) is 0 Å². The van der Waals surface area contributed by atoms with Crippen molar-refractivity contribution in [2.45, 2.75) is 51.2 Å². The molecule has 0 aromatic heterocycles. The Balaban J connectivity index is 2.33. The third-order valence-electron chi connectivity index (χ3n) is 2.55. The summed E-state index contributed by atoms with van der Waals surface area (Å²) in [5.74, 6) is -0.300. The van der Waals surface area contributed by atoms with E-state index < -0.39 is 6.04 Å². The van der Waals surface area contributed by atoms with E-state index in [0.29, 0.717) is 12.8 Å². The molecule has 0 heterocycles. The molecule has 0 aliphatic heterocycles. The van der Waals surface area contributed by atoms with Crippen LogP contribution >= 0.6 is 0 Å². The molecule has 1 N–H and O–H groups in total. The summed E-state index contributed by atoms with van der Waals surface area (Å²) in [7, 11) is 0. The third kappa shape index (κ3) is 3.01. The monoisotopic (exact) mass is 199 g/mol. The third-order valence-corrected chi connectivity index (χ3v) is 2.55. The second kappa shape index (κ2) is 5.62. The number of amides is 1. The van der Waals surface area contributed by atoms with E-state index in [4.69, 9.17) is 4.74 Å². The second-order valence-corrected chi connectivity index (χ2v) is 3.59. The first kappa shape index (κ1) is 11.0. The van der Waals surface area contributed by atoms with Crippen LogP contribution in [-0.4, -0.2) is 24.5 Å². The zero-order valence-corrected chi connectivity index (χ0v) is 8.49. The summed E-state index contributed by atoms with van der Waals surface area (Å²) < 4.78 is 5.26. The average Bonchev–Trinajstić information content (AvgIpc) is 2.66. The molecule has 1 amide bonds. The highest BCUT2D eigenvalue weighted by atomic mass is 16.5. The van der Waals surface area contributed by atoms with Crippen LogP contribution in [0.15, 0.2) is 0 Å². The fourth-order valence-electron chi connectivity index (χ4n) is 1.69. The van der Waals surface area contributed by atoms with E-state index >= 15 is 0 Å². The van der Waals surface area contributed by atoms with Crippen LogP contribution in [-0.2, 0) is 14.3 Å². The fourth-order valence-corrected chi connectivity index (χ4v) is 1.69. The zero-order valence-electron chi connectivity index (χ0n) is 8.49. The lowest BCUT2D eigenvalue weighted by Gasteiger charge is -2.16. The standard InChI is InChI=1S/C10H17NO3/c1-2-9(11-7-12)10(13)14-8-5-3-4-6-8/h7-9H,2-6H2,1H3,(H,11,12). The Morgan fingerprint density at radius 2 is 2.21 bits per heavy atom. The van der Waals surface area contributed by atoms with Crippen molar-refractivity contribution in [3.63, 3.8) is 0 Å². The van der Waals surface area contributed by atoms with Crippen molar-refractivity contribution in [3.8, 4) is 0 Å². The van der Waals surface area contributed by atoms with E-state index in [1.54, 1.807) is 0 Å². The molecule has 0 bridgehead atoms. The van der Waals surface area contributed by atoms with Gasteiger partial charge in [-0.25, -0.2) is 4.79 Å². The number of hydrogen-bond donors (Lipinski definition) is 1. The maximum Gasteiger partial charge on any atom is 0.328 e. The highest BCUT2D eigenvalue weighted by molar-refractivity contribution is 5.78. The average molecular weight is 199 g/mol. The van der Waals surface area contributed by atoms with Crippen molar-refractivity contribution in [1.82, 2.24) is 5.32 Å². The highest BCUT2D eigenvalue weighted by Crippen LogP contribution is 2.21. The van der Waals surface area contributed by atoms with Crippen molar-refractivity contribution >= 4 is 12.4 Å². The Labute approximate surface area is 84.0 Å². The molecule has 1 unspecified atom stereocenters. The lowest BCUT2D eigenvalue weighted by atomic mass is 10.2. The summed E-state index contributed by atoms with van der Waals surface area (Å²) in [6.07, 6.45) is 5.39. The minimum atomic E-state index is -0.479. The van der Waals surface area contributed by atoms with Crippen LogP contribution in [0, 0.1) is 0 Å². The summed E-state index contributed by atoms with van der Waals surface area (Å²) >= 11 is 0. The lowest BCUT2D eigenvalue weighted by molar-refractivity contribution is -0.152. The highest BCUT2D eigenvalue weighted by Gasteiger charge is 2.23. The van der Waals surface area contributed by atoms with Gasteiger partial charge in [-0.3, -0.25) is 4.79 Å². The summed E-state index contributed by atoms with van der Waals surface area (Å²) in [6.45, 7) is 1.84. The Morgan fingerprint density at radius 1 is 1.57 bits per heavy atom. The maximum absolute atomic E-state index is 11.5. The number of nitrogens with one attached hydrogen (secondary N) is 1. The predicted octanol–water partition coefficient (Wildman–Crippen LogP) is 0.997. The van der Waals surface area contributed by atoms with E-state index in [1.807, 2.05) is 6.92 Å². The summed E-state index contributed by atoms with van der Waals surface area (Å²) in [4.78, 5) is 21.7. The molecule has 0 saturated heterocycles. The van der Waals surface area contributed by atoms with Gasteiger partial charge in [0.25, 0.3) is 0 Å². The Bertz CT molecular complexity index is 200. The molecular weight excluding hydrogens is 182 g/mol. The van der Waals surface area contributed by atoms with E-state index in [2.05, 4.69) is 5.32 Å². The summed E-state index contributed by atoms with van der Waals surface area (Å²) in [6, 6.07) is -0.479. The van der Waals surface area contributed by atoms with Gasteiger partial charge in [0.1, 0.15) is 12.1 Å². The van der Waals surface area contributed by atoms with Gasteiger partial charge in [-0.05, 0) is 32.1 Å². The molecule has 1 aliphatic rings. The van der Waals surface area contributed by atoms with E-state index in [-0.39, 0.29) is 12.1 Å². The van der Waals surface area contributed by atoms with Crippen molar-refractivity contribution in [2.75, 3.05) is 0 Å². The maximum atomic E-state index is 11.5. The van der Waals surface area contributed by atoms with Crippen LogP contribution < -0.4 is 5.32 Å². The van der Waals surface area contributed by atoms with Crippen LogP contribution in [0.25, 0.3) is 0 Å². The number of carbonyl (C=O) groups excluding carboxylic acids is 2. The van der Waals surface area contributed by atoms with Crippen molar-refractivity contribution < 1.29 is 14.3 Å². The van der Waals surface area contributed by atoms with Crippen LogP contribution in [0.3, 0.4) is 0 Å². The van der Waals surface area contributed by atoms with Crippen molar-refractivity contribution in [3.05, 3.63) is 0 Å². The molecule has 1 rings (SSSR count). The molecule has 80 valence electrons. The topological polar surface area (TPSA) is 55.4 Å². The van der Waals surface area contributed by atoms with E-state index in [0.717, 1.165) is 25.7 Å². The molecule has 4 nitrogen and oxygen atoms in total. The minimum absolute atomic E-state index is 0.0741. The molecule has 1 aliphatic carbocycles. The molecule has 0 spiro atoms. The zero-order chi connectivity index (χ0) is 10.4. The van der Waals surface area contributed by atoms with Crippen LogP contribution in [0.5, 0.6) is 0 Å². The van der Waals surface area contributed by atoms with Crippen molar-refractivity contribution in [1.29, 1.82) is 0 Å².